The maximum absolute atomic E-state index is 10.9. The van der Waals surface area contributed by atoms with E-state index in [4.69, 9.17) is 5.73 Å². The predicted octanol–water partition coefficient (Wildman–Crippen LogP) is 2.35. The maximum Gasteiger partial charge on any atom is 0.329 e. The van der Waals surface area contributed by atoms with E-state index in [9.17, 15) is 10.1 Å². The first-order valence-corrected chi connectivity index (χ1v) is 6.03. The van der Waals surface area contributed by atoms with E-state index in [2.05, 4.69) is 15.3 Å². The molecular formula is C11H19N5O2. The zero-order valence-electron chi connectivity index (χ0n) is 10.9. The van der Waals surface area contributed by atoms with Crippen molar-refractivity contribution in [2.45, 2.75) is 45.6 Å². The molecule has 3 N–H and O–H groups in total. The van der Waals surface area contributed by atoms with Gasteiger partial charge in [-0.25, -0.2) is 4.98 Å². The smallest absolute Gasteiger partial charge is 0.329 e. The minimum atomic E-state index is -0.506. The van der Waals surface area contributed by atoms with Crippen LogP contribution < -0.4 is 11.1 Å². The first-order valence-electron chi connectivity index (χ1n) is 6.03. The van der Waals surface area contributed by atoms with Gasteiger partial charge in [0.25, 0.3) is 0 Å². The van der Waals surface area contributed by atoms with Crippen LogP contribution in [0.15, 0.2) is 6.20 Å². The van der Waals surface area contributed by atoms with Crippen molar-refractivity contribution in [2.24, 2.45) is 0 Å². The minimum absolute atomic E-state index is 0.0281. The lowest BCUT2D eigenvalue weighted by atomic mass is 9.90. The maximum atomic E-state index is 10.9. The average Bonchev–Trinajstić information content (AvgIpc) is 2.36. The molecule has 1 rings (SSSR count). The molecular weight excluding hydrogens is 234 g/mol. The number of nitrogens with two attached hydrogens (primary N) is 1. The summed E-state index contributed by atoms with van der Waals surface area (Å²) < 4.78 is 0. The lowest BCUT2D eigenvalue weighted by Gasteiger charge is -2.32. The quantitative estimate of drug-likeness (QED) is 0.595. The van der Waals surface area contributed by atoms with Crippen LogP contribution in [0.1, 0.15) is 40.0 Å². The summed E-state index contributed by atoms with van der Waals surface area (Å²) in [6.07, 6.45) is 3.68. The highest BCUT2D eigenvalue weighted by atomic mass is 16.6. The van der Waals surface area contributed by atoms with E-state index in [1.807, 2.05) is 20.8 Å². The van der Waals surface area contributed by atoms with Crippen LogP contribution in [0.25, 0.3) is 0 Å². The van der Waals surface area contributed by atoms with Gasteiger partial charge in [0.05, 0.1) is 4.92 Å². The van der Waals surface area contributed by atoms with Gasteiger partial charge in [0.2, 0.25) is 11.8 Å². The van der Waals surface area contributed by atoms with Crippen molar-refractivity contribution in [1.82, 2.24) is 9.97 Å². The Hall–Kier alpha value is -1.92. The Morgan fingerprint density at radius 3 is 2.39 bits per heavy atom. The number of hydrogen-bond acceptors (Lipinski definition) is 6. The van der Waals surface area contributed by atoms with Crippen LogP contribution in [0.4, 0.5) is 17.5 Å². The molecule has 18 heavy (non-hydrogen) atoms. The zero-order valence-corrected chi connectivity index (χ0v) is 10.9. The van der Waals surface area contributed by atoms with Crippen molar-refractivity contribution < 1.29 is 4.92 Å². The summed E-state index contributed by atoms with van der Waals surface area (Å²) >= 11 is 0. The molecule has 1 heterocycles. The van der Waals surface area contributed by atoms with Crippen molar-refractivity contribution in [2.75, 3.05) is 11.1 Å². The Bertz CT molecular complexity index is 423. The van der Waals surface area contributed by atoms with E-state index in [1.54, 1.807) is 0 Å². The Balaban J connectivity index is 3.16. The fraction of sp³-hybridized carbons (Fsp3) is 0.636. The van der Waals surface area contributed by atoms with Gasteiger partial charge in [-0.15, -0.1) is 0 Å². The molecule has 100 valence electrons. The van der Waals surface area contributed by atoms with Crippen molar-refractivity contribution in [3.8, 4) is 0 Å². The monoisotopic (exact) mass is 253 g/mol. The second kappa shape index (κ2) is 5.61. The minimum Gasteiger partial charge on any atom is -0.368 e. The number of nitro groups is 1. The third-order valence-corrected chi connectivity index (χ3v) is 3.40. The van der Waals surface area contributed by atoms with Crippen LogP contribution in [-0.4, -0.2) is 20.4 Å². The van der Waals surface area contributed by atoms with Crippen LogP contribution in [0.2, 0.25) is 0 Å². The van der Waals surface area contributed by atoms with Gasteiger partial charge in [-0.1, -0.05) is 20.8 Å². The van der Waals surface area contributed by atoms with E-state index in [-0.39, 0.29) is 23.0 Å². The van der Waals surface area contributed by atoms with Crippen molar-refractivity contribution in [3.63, 3.8) is 0 Å². The summed E-state index contributed by atoms with van der Waals surface area (Å²) in [5.74, 6) is 0.221. The number of nitrogens with one attached hydrogen (secondary N) is 1. The second-order valence-corrected chi connectivity index (χ2v) is 4.19. The first-order chi connectivity index (χ1) is 8.48. The van der Waals surface area contributed by atoms with E-state index in [1.165, 1.54) is 0 Å². The summed E-state index contributed by atoms with van der Waals surface area (Å²) in [4.78, 5) is 18.0. The summed E-state index contributed by atoms with van der Waals surface area (Å²) in [7, 11) is 0. The molecule has 0 amide bonds. The largest absolute Gasteiger partial charge is 0.368 e. The molecule has 0 unspecified atom stereocenters. The normalized spacial score (nSPS) is 11.3. The van der Waals surface area contributed by atoms with Crippen LogP contribution in [0, 0.1) is 10.1 Å². The highest BCUT2D eigenvalue weighted by molar-refractivity contribution is 5.57. The van der Waals surface area contributed by atoms with Gasteiger partial charge in [-0.3, -0.25) is 10.1 Å². The molecule has 0 aromatic carbocycles. The summed E-state index contributed by atoms with van der Waals surface area (Å²) in [5, 5.41) is 14.1. The van der Waals surface area contributed by atoms with Crippen LogP contribution in [0.3, 0.4) is 0 Å². The van der Waals surface area contributed by atoms with Crippen LogP contribution >= 0.6 is 0 Å². The Morgan fingerprint density at radius 1 is 1.39 bits per heavy atom. The first kappa shape index (κ1) is 14.1. The fourth-order valence-corrected chi connectivity index (χ4v) is 1.88. The van der Waals surface area contributed by atoms with Gasteiger partial charge >= 0.3 is 5.69 Å². The highest BCUT2D eigenvalue weighted by Gasteiger charge is 2.28. The molecule has 1 aromatic heterocycles. The van der Waals surface area contributed by atoms with Gasteiger partial charge < -0.3 is 11.1 Å². The fourth-order valence-electron chi connectivity index (χ4n) is 1.88. The van der Waals surface area contributed by atoms with Gasteiger partial charge in [0.15, 0.2) is 0 Å². The predicted molar refractivity (Wildman–Crippen MR) is 70.3 cm³/mol. The number of nitrogens with zero attached hydrogens (tertiary/aromatic N) is 3. The van der Waals surface area contributed by atoms with Crippen molar-refractivity contribution in [3.05, 3.63) is 16.3 Å². The SMILES string of the molecule is CCC(CC)(CC)Nc1nc(N)ncc1[N+](=O)[O-]. The molecule has 0 spiro atoms. The molecule has 0 saturated heterocycles. The molecule has 0 aliphatic heterocycles. The Kier molecular flexibility index (Phi) is 4.41. The molecule has 0 saturated carbocycles. The van der Waals surface area contributed by atoms with E-state index in [0.717, 1.165) is 25.5 Å². The lowest BCUT2D eigenvalue weighted by Crippen LogP contribution is -2.36. The molecule has 0 bridgehead atoms. The molecule has 0 fully saturated rings. The van der Waals surface area contributed by atoms with E-state index in [0.29, 0.717) is 0 Å². The van der Waals surface area contributed by atoms with Gasteiger partial charge in [0, 0.05) is 5.54 Å². The molecule has 7 heteroatoms. The molecule has 1 aromatic rings. The lowest BCUT2D eigenvalue weighted by molar-refractivity contribution is -0.384. The van der Waals surface area contributed by atoms with Crippen molar-refractivity contribution >= 4 is 17.5 Å². The third-order valence-electron chi connectivity index (χ3n) is 3.40. The number of nitrogen functional groups attached to an aromatic ring is 1. The highest BCUT2D eigenvalue weighted by Crippen LogP contribution is 2.29. The van der Waals surface area contributed by atoms with E-state index < -0.39 is 4.92 Å². The molecule has 0 aliphatic carbocycles. The molecule has 0 atom stereocenters. The zero-order chi connectivity index (χ0) is 13.8. The Labute approximate surface area is 106 Å². The number of aromatic nitrogens is 2. The van der Waals surface area contributed by atoms with Crippen LogP contribution in [-0.2, 0) is 0 Å². The standard InChI is InChI=1S/C11H19N5O2/c1-4-11(5-2,6-3)15-9-8(16(17)18)7-13-10(12)14-9/h7H,4-6H2,1-3H3,(H3,12,13,14,15). The van der Waals surface area contributed by atoms with Crippen molar-refractivity contribution in [1.29, 1.82) is 0 Å². The van der Waals surface area contributed by atoms with E-state index >= 15 is 0 Å². The Morgan fingerprint density at radius 2 is 1.94 bits per heavy atom. The third kappa shape index (κ3) is 2.85. The average molecular weight is 253 g/mol. The van der Waals surface area contributed by atoms with Crippen LogP contribution in [0.5, 0.6) is 0 Å². The number of rotatable bonds is 6. The van der Waals surface area contributed by atoms with Gasteiger partial charge in [-0.2, -0.15) is 4.98 Å². The number of anilines is 2. The van der Waals surface area contributed by atoms with Gasteiger partial charge in [-0.05, 0) is 19.3 Å². The summed E-state index contributed by atoms with van der Waals surface area (Å²) in [5.41, 5.74) is 5.13. The summed E-state index contributed by atoms with van der Waals surface area (Å²) in [6.45, 7) is 6.11. The molecule has 0 aliphatic rings. The molecule has 7 nitrogen and oxygen atoms in total. The molecule has 0 radical (unpaired) electrons. The topological polar surface area (TPSA) is 107 Å². The summed E-state index contributed by atoms with van der Waals surface area (Å²) in [6, 6.07) is 0. The van der Waals surface area contributed by atoms with Gasteiger partial charge in [0.1, 0.15) is 6.20 Å². The second-order valence-electron chi connectivity index (χ2n) is 4.19. The number of hydrogen-bond donors (Lipinski definition) is 2.